The number of carboxylic acid groups (broad SMARTS) is 1. The summed E-state index contributed by atoms with van der Waals surface area (Å²) < 4.78 is 36.7. The Labute approximate surface area is 135 Å². The Morgan fingerprint density at radius 1 is 1.50 bits per heavy atom. The Morgan fingerprint density at radius 2 is 2.14 bits per heavy atom. The van der Waals surface area contributed by atoms with Crippen LogP contribution in [0.2, 0.25) is 0 Å². The lowest BCUT2D eigenvalue weighted by Crippen LogP contribution is -2.43. The lowest BCUT2D eigenvalue weighted by Gasteiger charge is -2.22. The van der Waals surface area contributed by atoms with E-state index in [0.29, 0.717) is 15.4 Å². The average Bonchev–Trinajstić information content (AvgIpc) is 2.76. The fourth-order valence-electron chi connectivity index (χ4n) is 1.96. The fraction of sp³-hybridized carbons (Fsp3) is 0.385. The summed E-state index contributed by atoms with van der Waals surface area (Å²) in [6.45, 7) is 1.26. The van der Waals surface area contributed by atoms with E-state index in [1.165, 1.54) is 17.7 Å². The predicted octanol–water partition coefficient (Wildman–Crippen LogP) is 2.22. The average molecular weight is 393 g/mol. The van der Waals surface area contributed by atoms with Crippen molar-refractivity contribution in [2.24, 2.45) is 0 Å². The second-order valence-corrected chi connectivity index (χ2v) is 8.58. The van der Waals surface area contributed by atoms with E-state index >= 15 is 0 Å². The van der Waals surface area contributed by atoms with E-state index in [-0.39, 0.29) is 13.0 Å². The van der Waals surface area contributed by atoms with Gasteiger partial charge in [-0.05, 0) is 35.3 Å². The van der Waals surface area contributed by atoms with E-state index in [4.69, 9.17) is 0 Å². The molecule has 0 saturated carbocycles. The Morgan fingerprint density at radius 3 is 2.68 bits per heavy atom. The van der Waals surface area contributed by atoms with Gasteiger partial charge in [-0.3, -0.25) is 9.48 Å². The molecule has 1 aromatic carbocycles. The molecule has 0 radical (unpaired) electrons. The maximum Gasteiger partial charge on any atom is 0.324 e. The van der Waals surface area contributed by atoms with Crippen molar-refractivity contribution in [2.45, 2.75) is 24.6 Å². The van der Waals surface area contributed by atoms with E-state index in [1.807, 2.05) is 0 Å². The van der Waals surface area contributed by atoms with Crippen LogP contribution in [0, 0.1) is 5.82 Å². The highest BCUT2D eigenvalue weighted by atomic mass is 79.9. The molecule has 1 atom stereocenters. The third-order valence-electron chi connectivity index (χ3n) is 3.68. The van der Waals surface area contributed by atoms with Gasteiger partial charge in [0.05, 0.1) is 9.99 Å². The highest BCUT2D eigenvalue weighted by molar-refractivity contribution is 9.10. The Hall–Kier alpha value is -1.48. The minimum absolute atomic E-state index is 0.0871. The van der Waals surface area contributed by atoms with Crippen LogP contribution in [-0.2, 0) is 21.2 Å². The van der Waals surface area contributed by atoms with Crippen molar-refractivity contribution in [1.82, 2.24) is 9.78 Å². The number of carbonyl (C=O) groups is 1. The van der Waals surface area contributed by atoms with Gasteiger partial charge in [0.1, 0.15) is 5.82 Å². The number of hydrogen-bond donors (Lipinski definition) is 1. The number of nitrogens with zero attached hydrogens (tertiary/aromatic N) is 2. The first-order valence-corrected chi connectivity index (χ1v) is 8.98. The van der Waals surface area contributed by atoms with Crippen LogP contribution in [0.1, 0.15) is 13.3 Å². The second kappa shape index (κ2) is 5.62. The molecule has 0 saturated heterocycles. The topological polar surface area (TPSA) is 89.3 Å². The smallest absolute Gasteiger partial charge is 0.324 e. The van der Waals surface area contributed by atoms with E-state index in [0.717, 1.165) is 6.26 Å². The molecule has 1 unspecified atom stereocenters. The SMILES string of the molecule is CC(CCn1cc2cc(Br)c(F)cc2n1)(C(=O)O)S(C)(=O)=O. The van der Waals surface area contributed by atoms with Crippen molar-refractivity contribution in [3.05, 3.63) is 28.6 Å². The fourth-order valence-corrected chi connectivity index (χ4v) is 3.10. The third-order valence-corrected chi connectivity index (χ3v) is 6.31. The monoisotopic (exact) mass is 392 g/mol. The van der Waals surface area contributed by atoms with Crippen molar-refractivity contribution in [2.75, 3.05) is 6.26 Å². The van der Waals surface area contributed by atoms with Gasteiger partial charge in [-0.25, -0.2) is 12.8 Å². The minimum atomic E-state index is -3.79. The van der Waals surface area contributed by atoms with Crippen LogP contribution in [-0.4, -0.2) is 40.3 Å². The van der Waals surface area contributed by atoms with Crippen molar-refractivity contribution >= 4 is 42.6 Å². The summed E-state index contributed by atoms with van der Waals surface area (Å²) in [7, 11) is -3.79. The lowest BCUT2D eigenvalue weighted by molar-refractivity contribution is -0.139. The van der Waals surface area contributed by atoms with Gasteiger partial charge in [-0.2, -0.15) is 5.10 Å². The molecule has 6 nitrogen and oxygen atoms in total. The van der Waals surface area contributed by atoms with Crippen molar-refractivity contribution in [3.63, 3.8) is 0 Å². The maximum atomic E-state index is 13.4. The van der Waals surface area contributed by atoms with Gasteiger partial charge in [0.2, 0.25) is 0 Å². The zero-order chi connectivity index (χ0) is 16.7. The molecule has 22 heavy (non-hydrogen) atoms. The van der Waals surface area contributed by atoms with Gasteiger partial charge in [0.15, 0.2) is 14.6 Å². The number of hydrogen-bond acceptors (Lipinski definition) is 4. The number of rotatable bonds is 5. The van der Waals surface area contributed by atoms with E-state index in [9.17, 15) is 22.7 Å². The summed E-state index contributed by atoms with van der Waals surface area (Å²) in [5.41, 5.74) is 0.414. The number of aryl methyl sites for hydroxylation is 1. The van der Waals surface area contributed by atoms with Gasteiger partial charge < -0.3 is 5.11 Å². The Bertz CT molecular complexity index is 810. The quantitative estimate of drug-likeness (QED) is 0.842. The summed E-state index contributed by atoms with van der Waals surface area (Å²) in [6.07, 6.45) is 2.37. The van der Waals surface area contributed by atoms with E-state index in [2.05, 4.69) is 21.0 Å². The molecule has 0 fully saturated rings. The van der Waals surface area contributed by atoms with Crippen LogP contribution in [0.15, 0.2) is 22.8 Å². The zero-order valence-electron chi connectivity index (χ0n) is 11.9. The van der Waals surface area contributed by atoms with Gasteiger partial charge in [0, 0.05) is 30.4 Å². The summed E-state index contributed by atoms with van der Waals surface area (Å²) in [5.74, 6) is -1.86. The molecule has 2 aromatic rings. The first-order chi connectivity index (χ1) is 10.0. The number of aliphatic carboxylic acids is 1. The molecule has 9 heteroatoms. The lowest BCUT2D eigenvalue weighted by atomic mass is 10.1. The molecule has 0 amide bonds. The summed E-state index contributed by atoms with van der Waals surface area (Å²) >= 11 is 3.07. The van der Waals surface area contributed by atoms with Crippen molar-refractivity contribution in [3.8, 4) is 0 Å². The van der Waals surface area contributed by atoms with Crippen molar-refractivity contribution in [1.29, 1.82) is 0 Å². The number of benzene rings is 1. The molecule has 1 heterocycles. The molecule has 0 aliphatic rings. The number of halogens is 2. The Kier molecular flexibility index (Phi) is 4.31. The molecule has 0 bridgehead atoms. The first kappa shape index (κ1) is 16.9. The largest absolute Gasteiger partial charge is 0.480 e. The zero-order valence-corrected chi connectivity index (χ0v) is 14.3. The highest BCUT2D eigenvalue weighted by Crippen LogP contribution is 2.25. The maximum absolute atomic E-state index is 13.4. The molecule has 0 spiro atoms. The summed E-state index contributed by atoms with van der Waals surface area (Å²) in [4.78, 5) is 11.3. The molecular formula is C13H14BrFN2O4S. The molecule has 2 rings (SSSR count). The van der Waals surface area contributed by atoms with Gasteiger partial charge in [0.25, 0.3) is 0 Å². The number of carboxylic acids is 1. The highest BCUT2D eigenvalue weighted by Gasteiger charge is 2.43. The van der Waals surface area contributed by atoms with Crippen molar-refractivity contribution < 1.29 is 22.7 Å². The number of fused-ring (bicyclic) bond motifs is 1. The van der Waals surface area contributed by atoms with Crippen LogP contribution >= 0.6 is 15.9 Å². The molecule has 1 N–H and O–H groups in total. The summed E-state index contributed by atoms with van der Waals surface area (Å²) in [6, 6.07) is 2.81. The molecule has 1 aromatic heterocycles. The van der Waals surface area contributed by atoms with Gasteiger partial charge >= 0.3 is 5.97 Å². The normalized spacial score (nSPS) is 14.9. The Balaban J connectivity index is 2.30. The van der Waals surface area contributed by atoms with E-state index < -0.39 is 26.4 Å². The standard InChI is InChI=1S/C13H14BrFN2O4S/c1-13(12(18)19,22(2,20)21)3-4-17-7-8-5-9(14)10(15)6-11(8)16-17/h5-7H,3-4H2,1-2H3,(H,18,19). The first-order valence-electron chi connectivity index (χ1n) is 6.30. The number of aromatic nitrogens is 2. The second-order valence-electron chi connectivity index (χ2n) is 5.28. The van der Waals surface area contributed by atoms with E-state index in [1.54, 1.807) is 12.3 Å². The van der Waals surface area contributed by atoms with Crippen LogP contribution in [0.3, 0.4) is 0 Å². The van der Waals surface area contributed by atoms with Crippen LogP contribution in [0.5, 0.6) is 0 Å². The predicted molar refractivity (Wildman–Crippen MR) is 82.9 cm³/mol. The molecule has 120 valence electrons. The van der Waals surface area contributed by atoms with Crippen LogP contribution in [0.4, 0.5) is 4.39 Å². The minimum Gasteiger partial charge on any atom is -0.480 e. The van der Waals surface area contributed by atoms with Gasteiger partial charge in [-0.1, -0.05) is 0 Å². The number of sulfone groups is 1. The third kappa shape index (κ3) is 3.00. The molecular weight excluding hydrogens is 379 g/mol. The molecule has 0 aliphatic carbocycles. The van der Waals surface area contributed by atoms with Gasteiger partial charge in [-0.15, -0.1) is 0 Å². The molecule has 0 aliphatic heterocycles. The van der Waals surface area contributed by atoms with Crippen LogP contribution < -0.4 is 0 Å². The summed E-state index contributed by atoms with van der Waals surface area (Å²) in [5, 5.41) is 14.0. The van der Waals surface area contributed by atoms with Crippen LogP contribution in [0.25, 0.3) is 10.9 Å².